The molecule has 0 saturated carbocycles. The van der Waals surface area contributed by atoms with Crippen molar-refractivity contribution < 1.29 is 15.0 Å². The maximum Gasteiger partial charge on any atom is 0.237 e. The summed E-state index contributed by atoms with van der Waals surface area (Å²) in [5.41, 5.74) is 6.71. The van der Waals surface area contributed by atoms with Crippen molar-refractivity contribution in [2.45, 2.75) is 32.4 Å². The molecule has 0 saturated heterocycles. The minimum atomic E-state index is -0.669. The van der Waals surface area contributed by atoms with Crippen molar-refractivity contribution >= 4 is 5.91 Å². The van der Waals surface area contributed by atoms with Crippen molar-refractivity contribution in [3.8, 4) is 5.75 Å². The highest BCUT2D eigenvalue weighted by atomic mass is 16.3. The minimum Gasteiger partial charge on any atom is -0.508 e. The van der Waals surface area contributed by atoms with E-state index in [-0.39, 0.29) is 30.2 Å². The van der Waals surface area contributed by atoms with Gasteiger partial charge < -0.3 is 21.3 Å². The molecule has 0 bridgehead atoms. The van der Waals surface area contributed by atoms with E-state index in [0.717, 1.165) is 5.56 Å². The molecular formula is C14H22N2O3. The Kier molecular flexibility index (Phi) is 5.79. The Bertz CT molecular complexity index is 404. The molecule has 0 aromatic heterocycles. The largest absolute Gasteiger partial charge is 0.508 e. The van der Waals surface area contributed by atoms with Crippen molar-refractivity contribution in [2.75, 3.05) is 6.61 Å². The highest BCUT2D eigenvalue weighted by molar-refractivity contribution is 5.82. The molecule has 5 heteroatoms. The molecule has 0 aliphatic rings. The molecule has 1 aromatic carbocycles. The van der Waals surface area contributed by atoms with E-state index in [2.05, 4.69) is 5.32 Å². The average molecular weight is 266 g/mol. The topological polar surface area (TPSA) is 95.6 Å². The van der Waals surface area contributed by atoms with Crippen LogP contribution in [0.3, 0.4) is 0 Å². The van der Waals surface area contributed by atoms with Crippen LogP contribution in [0, 0.1) is 5.92 Å². The molecule has 0 aliphatic heterocycles. The van der Waals surface area contributed by atoms with Crippen LogP contribution in [-0.2, 0) is 11.2 Å². The van der Waals surface area contributed by atoms with E-state index >= 15 is 0 Å². The van der Waals surface area contributed by atoms with Gasteiger partial charge in [0.25, 0.3) is 0 Å². The lowest BCUT2D eigenvalue weighted by atomic mass is 10.0. The number of hydrogen-bond donors (Lipinski definition) is 4. The summed E-state index contributed by atoms with van der Waals surface area (Å²) in [5, 5.41) is 21.1. The minimum absolute atomic E-state index is 0.102. The normalized spacial score (nSPS) is 14.2. The molecule has 0 spiro atoms. The molecule has 0 fully saturated rings. The predicted molar refractivity (Wildman–Crippen MR) is 73.6 cm³/mol. The van der Waals surface area contributed by atoms with Gasteiger partial charge in [-0.1, -0.05) is 26.0 Å². The third-order valence-corrected chi connectivity index (χ3v) is 3.06. The molecule has 106 valence electrons. The van der Waals surface area contributed by atoms with Gasteiger partial charge in [0.2, 0.25) is 5.91 Å². The number of rotatable bonds is 6. The average Bonchev–Trinajstić information content (AvgIpc) is 2.37. The molecule has 2 atom stereocenters. The van der Waals surface area contributed by atoms with Crippen molar-refractivity contribution in [1.82, 2.24) is 5.32 Å². The number of hydrogen-bond acceptors (Lipinski definition) is 4. The zero-order chi connectivity index (χ0) is 14.4. The SMILES string of the molecule is CC(C)[C@@H](CO)NC(=O)[C@H](N)Cc1ccc(O)cc1. The van der Waals surface area contributed by atoms with Gasteiger partial charge in [-0.15, -0.1) is 0 Å². The van der Waals surface area contributed by atoms with Crippen molar-refractivity contribution in [3.63, 3.8) is 0 Å². The quantitative estimate of drug-likeness (QED) is 0.599. The Morgan fingerprint density at radius 3 is 2.37 bits per heavy atom. The van der Waals surface area contributed by atoms with Gasteiger partial charge in [0.05, 0.1) is 18.7 Å². The van der Waals surface area contributed by atoms with Crippen molar-refractivity contribution in [3.05, 3.63) is 29.8 Å². The number of aromatic hydroxyl groups is 1. The van der Waals surface area contributed by atoms with Crippen LogP contribution in [0.2, 0.25) is 0 Å². The Hall–Kier alpha value is -1.59. The highest BCUT2D eigenvalue weighted by Crippen LogP contribution is 2.11. The van der Waals surface area contributed by atoms with Crippen LogP contribution in [0.1, 0.15) is 19.4 Å². The Labute approximate surface area is 113 Å². The van der Waals surface area contributed by atoms with Crippen LogP contribution in [0.4, 0.5) is 0 Å². The van der Waals surface area contributed by atoms with Crippen LogP contribution < -0.4 is 11.1 Å². The maximum atomic E-state index is 11.9. The molecule has 1 rings (SSSR count). The van der Waals surface area contributed by atoms with Gasteiger partial charge in [-0.25, -0.2) is 0 Å². The summed E-state index contributed by atoms with van der Waals surface area (Å²) >= 11 is 0. The summed E-state index contributed by atoms with van der Waals surface area (Å²) in [6.45, 7) is 3.74. The van der Waals surface area contributed by atoms with Gasteiger partial charge in [-0.05, 0) is 30.0 Å². The van der Waals surface area contributed by atoms with Gasteiger partial charge in [0.1, 0.15) is 5.75 Å². The monoisotopic (exact) mass is 266 g/mol. The highest BCUT2D eigenvalue weighted by Gasteiger charge is 2.20. The first-order valence-electron chi connectivity index (χ1n) is 6.38. The van der Waals surface area contributed by atoms with Gasteiger partial charge in [0, 0.05) is 0 Å². The zero-order valence-electron chi connectivity index (χ0n) is 11.3. The van der Waals surface area contributed by atoms with Crippen molar-refractivity contribution in [2.24, 2.45) is 11.7 Å². The number of nitrogens with two attached hydrogens (primary N) is 1. The number of carbonyl (C=O) groups is 1. The Balaban J connectivity index is 2.55. The smallest absolute Gasteiger partial charge is 0.237 e. The van der Waals surface area contributed by atoms with Crippen molar-refractivity contribution in [1.29, 1.82) is 0 Å². The molecule has 1 amide bonds. The van der Waals surface area contributed by atoms with Gasteiger partial charge in [0.15, 0.2) is 0 Å². The summed E-state index contributed by atoms with van der Waals surface area (Å²) < 4.78 is 0. The Morgan fingerprint density at radius 1 is 1.32 bits per heavy atom. The molecule has 0 heterocycles. The summed E-state index contributed by atoms with van der Waals surface area (Å²) in [6.07, 6.45) is 0.391. The number of aliphatic hydroxyl groups is 1. The lowest BCUT2D eigenvalue weighted by Gasteiger charge is -2.22. The summed E-state index contributed by atoms with van der Waals surface area (Å²) in [7, 11) is 0. The van der Waals surface area contributed by atoms with E-state index in [1.54, 1.807) is 24.3 Å². The molecule has 1 aromatic rings. The summed E-state index contributed by atoms with van der Waals surface area (Å²) in [6, 6.07) is 5.63. The lowest BCUT2D eigenvalue weighted by molar-refractivity contribution is -0.123. The van der Waals surface area contributed by atoms with Gasteiger partial charge >= 0.3 is 0 Å². The maximum absolute atomic E-state index is 11.9. The van der Waals surface area contributed by atoms with Crippen LogP contribution in [0.5, 0.6) is 5.75 Å². The molecule has 0 unspecified atom stereocenters. The molecule has 5 nitrogen and oxygen atoms in total. The number of amides is 1. The standard InChI is InChI=1S/C14H22N2O3/c1-9(2)13(8-17)16-14(19)12(15)7-10-3-5-11(18)6-4-10/h3-6,9,12-13,17-18H,7-8,15H2,1-2H3,(H,16,19)/t12-,13-/m1/s1. The zero-order valence-corrected chi connectivity index (χ0v) is 11.3. The fourth-order valence-electron chi connectivity index (χ4n) is 1.69. The number of phenolic OH excluding ortho intramolecular Hbond substituents is 1. The van der Waals surface area contributed by atoms with Crippen LogP contribution in [0.25, 0.3) is 0 Å². The molecule has 19 heavy (non-hydrogen) atoms. The van der Waals surface area contributed by atoms with E-state index in [0.29, 0.717) is 6.42 Å². The third-order valence-electron chi connectivity index (χ3n) is 3.06. The van der Waals surface area contributed by atoms with Gasteiger partial charge in [-0.3, -0.25) is 4.79 Å². The fourth-order valence-corrected chi connectivity index (χ4v) is 1.69. The molecular weight excluding hydrogens is 244 g/mol. The molecule has 0 aliphatic carbocycles. The van der Waals surface area contributed by atoms with E-state index < -0.39 is 6.04 Å². The Morgan fingerprint density at radius 2 is 1.89 bits per heavy atom. The van der Waals surface area contributed by atoms with Crippen LogP contribution >= 0.6 is 0 Å². The predicted octanol–water partition coefficient (Wildman–Crippen LogP) is 0.395. The second-order valence-electron chi connectivity index (χ2n) is 5.02. The molecule has 0 radical (unpaired) electrons. The summed E-state index contributed by atoms with van der Waals surface area (Å²) in [5.74, 6) is 0.0533. The van der Waals surface area contributed by atoms with Gasteiger partial charge in [-0.2, -0.15) is 0 Å². The van der Waals surface area contributed by atoms with Crippen LogP contribution in [-0.4, -0.2) is 34.8 Å². The van der Waals surface area contributed by atoms with E-state index in [9.17, 15) is 9.90 Å². The number of benzene rings is 1. The fraction of sp³-hybridized carbons (Fsp3) is 0.500. The van der Waals surface area contributed by atoms with E-state index in [4.69, 9.17) is 10.8 Å². The lowest BCUT2D eigenvalue weighted by Crippen LogP contribution is -2.49. The second kappa shape index (κ2) is 7.11. The number of nitrogens with one attached hydrogen (secondary N) is 1. The number of carbonyl (C=O) groups excluding carboxylic acids is 1. The van der Waals surface area contributed by atoms with E-state index in [1.807, 2.05) is 13.8 Å². The molecule has 5 N–H and O–H groups in total. The summed E-state index contributed by atoms with van der Waals surface area (Å²) in [4.78, 5) is 11.9. The first kappa shape index (κ1) is 15.5. The third kappa shape index (κ3) is 4.89. The number of phenols is 1. The first-order valence-corrected chi connectivity index (χ1v) is 6.38. The van der Waals surface area contributed by atoms with Crippen LogP contribution in [0.15, 0.2) is 24.3 Å². The van der Waals surface area contributed by atoms with E-state index in [1.165, 1.54) is 0 Å². The first-order chi connectivity index (χ1) is 8.93. The number of aliphatic hydroxyl groups excluding tert-OH is 1. The second-order valence-corrected chi connectivity index (χ2v) is 5.02.